The molecule has 3 fully saturated rings. The van der Waals surface area contributed by atoms with Crippen LogP contribution < -0.4 is 10.1 Å². The normalized spacial score (nSPS) is 27.3. The first-order valence-corrected chi connectivity index (χ1v) is 22.0. The van der Waals surface area contributed by atoms with E-state index in [1.165, 1.54) is 69.2 Å². The van der Waals surface area contributed by atoms with Gasteiger partial charge < -0.3 is 24.6 Å². The Hall–Kier alpha value is -1.58. The predicted octanol–water partition coefficient (Wildman–Crippen LogP) is 9.22. The van der Waals surface area contributed by atoms with Crippen molar-refractivity contribution in [1.82, 2.24) is 15.1 Å². The van der Waals surface area contributed by atoms with Gasteiger partial charge in [0.25, 0.3) is 0 Å². The molecule has 2 saturated heterocycles. The van der Waals surface area contributed by atoms with Gasteiger partial charge in [0.1, 0.15) is 27.7 Å². The molecular formula is C44H71B2F2N3O3S. The Balaban J connectivity index is 0.000000533. The lowest BCUT2D eigenvalue weighted by Crippen LogP contribution is -2.51. The van der Waals surface area contributed by atoms with Gasteiger partial charge in [0.15, 0.2) is 0 Å². The number of carbonyl (C=O) groups excluding carboxylic acids is 2. The average Bonchev–Trinajstić information content (AvgIpc) is 3.12. The number of amides is 1. The largest absolute Gasteiger partial charge is 0.412 e. The van der Waals surface area contributed by atoms with Crippen LogP contribution in [0.5, 0.6) is 5.75 Å². The second-order valence-electron chi connectivity index (χ2n) is 19.1. The zero-order valence-electron chi connectivity index (χ0n) is 35.2. The molecule has 4 radical (unpaired) electrons. The van der Waals surface area contributed by atoms with E-state index in [4.69, 9.17) is 20.4 Å². The summed E-state index contributed by atoms with van der Waals surface area (Å²) in [6, 6.07) is 7.34. The standard InChI is InChI=1S/C38H61N3O3.C6H10B2F2S/c1-7-37(2,3)18-12-27-25-28-26-31(10-11-32(28)33-13-19-38(4,5)34(35(27)33)9-8-24-42)44-36(43)39-29-14-22-41(23-15-29)30-16-20-40(6)21-17-30;1-5(7,9)6(8,10)3-2-4-11/h10-11,24,26-27,29-30,33-35H,7-9,12-23,25H2,1-6H3,(H,39,43);11H,2-4H2,1H3/t27-,33?,34?,35?;/m1./s1. The molecule has 1 aromatic rings. The van der Waals surface area contributed by atoms with Crippen LogP contribution in [0.4, 0.5) is 13.6 Å². The number of hydrogen-bond donors (Lipinski definition) is 2. The van der Waals surface area contributed by atoms with Crippen molar-refractivity contribution in [1.29, 1.82) is 0 Å². The number of likely N-dealkylation sites (tertiary alicyclic amines) is 2. The number of benzene rings is 1. The van der Waals surface area contributed by atoms with Gasteiger partial charge >= 0.3 is 6.09 Å². The fourth-order valence-corrected chi connectivity index (χ4v) is 10.0. The smallest absolute Gasteiger partial charge is 0.410 e. The minimum absolute atomic E-state index is 0.111. The fraction of sp³-hybridized carbons (Fsp3) is 0.818. The molecule has 6 atom stereocenters. The molecule has 2 aliphatic heterocycles. The van der Waals surface area contributed by atoms with E-state index in [-0.39, 0.29) is 24.0 Å². The summed E-state index contributed by atoms with van der Waals surface area (Å²) >= 11 is 3.84. The molecule has 5 rings (SSSR count). The van der Waals surface area contributed by atoms with Crippen LogP contribution in [0.3, 0.4) is 0 Å². The van der Waals surface area contributed by atoms with Crippen molar-refractivity contribution in [2.45, 2.75) is 161 Å². The van der Waals surface area contributed by atoms with Crippen LogP contribution in [0.15, 0.2) is 18.2 Å². The number of nitrogens with zero attached hydrogens (tertiary/aromatic N) is 2. The van der Waals surface area contributed by atoms with E-state index >= 15 is 0 Å². The third-order valence-corrected chi connectivity index (χ3v) is 14.4. The summed E-state index contributed by atoms with van der Waals surface area (Å²) in [4.78, 5) is 29.6. The number of carbonyl (C=O) groups is 2. The maximum Gasteiger partial charge on any atom is 0.412 e. The number of halogens is 2. The van der Waals surface area contributed by atoms with E-state index in [2.05, 4.69) is 81.5 Å². The number of nitrogens with one attached hydrogen (secondary N) is 1. The van der Waals surface area contributed by atoms with E-state index in [0.717, 1.165) is 52.0 Å². The SMILES string of the molecule is CCC(C)(C)CC[C@@H]1Cc2cc(OC(=O)NC3CCN(C4CCN(C)CC4)CC3)ccc2C2CCC(C)(C)C(CCC=O)C21.[B]C(C)(F)C([B])(F)CCCS. The van der Waals surface area contributed by atoms with Gasteiger partial charge in [-0.25, -0.2) is 4.79 Å². The second kappa shape index (κ2) is 19.9. The third-order valence-electron chi connectivity index (χ3n) is 14.1. The summed E-state index contributed by atoms with van der Waals surface area (Å²) in [6.45, 7) is 17.4. The van der Waals surface area contributed by atoms with Gasteiger partial charge in [-0.2, -0.15) is 12.6 Å². The maximum absolute atomic E-state index is 13.0. The molecule has 4 aliphatic rings. The topological polar surface area (TPSA) is 61.9 Å². The van der Waals surface area contributed by atoms with Crippen molar-refractivity contribution in [2.75, 3.05) is 39.0 Å². The molecule has 0 bridgehead atoms. The van der Waals surface area contributed by atoms with Crippen LogP contribution >= 0.6 is 12.6 Å². The molecule has 306 valence electrons. The predicted molar refractivity (Wildman–Crippen MR) is 227 cm³/mol. The highest BCUT2D eigenvalue weighted by Gasteiger charge is 2.49. The van der Waals surface area contributed by atoms with Crippen molar-refractivity contribution in [3.63, 3.8) is 0 Å². The number of aldehydes is 1. The molecule has 2 aliphatic carbocycles. The minimum Gasteiger partial charge on any atom is -0.410 e. The fourth-order valence-electron chi connectivity index (χ4n) is 9.86. The highest BCUT2D eigenvalue weighted by atomic mass is 32.1. The second-order valence-corrected chi connectivity index (χ2v) is 19.5. The van der Waals surface area contributed by atoms with Gasteiger partial charge in [0, 0.05) is 31.6 Å². The molecule has 11 heteroatoms. The Bertz CT molecular complexity index is 1380. The van der Waals surface area contributed by atoms with E-state index in [1.54, 1.807) is 0 Å². The first kappa shape index (κ1) is 46.1. The van der Waals surface area contributed by atoms with Gasteiger partial charge in [-0.1, -0.05) is 47.1 Å². The Labute approximate surface area is 341 Å². The summed E-state index contributed by atoms with van der Waals surface area (Å²) in [5.41, 5.74) is -1.50. The Morgan fingerprint density at radius 1 is 1.04 bits per heavy atom. The molecule has 1 aromatic carbocycles. The number of ether oxygens (including phenoxy) is 1. The summed E-state index contributed by atoms with van der Waals surface area (Å²) < 4.78 is 31.7. The summed E-state index contributed by atoms with van der Waals surface area (Å²) in [7, 11) is 12.1. The molecule has 1 N–H and O–H groups in total. The van der Waals surface area contributed by atoms with E-state index < -0.39 is 11.1 Å². The summed E-state index contributed by atoms with van der Waals surface area (Å²) in [5.74, 6) is 3.42. The van der Waals surface area contributed by atoms with Crippen molar-refractivity contribution < 1.29 is 23.1 Å². The number of alkyl halides is 2. The average molecular weight is 782 g/mol. The number of hydrogen-bond acceptors (Lipinski definition) is 6. The molecule has 1 amide bonds. The van der Waals surface area contributed by atoms with Gasteiger partial charge in [0.05, 0.1) is 11.1 Å². The third kappa shape index (κ3) is 12.7. The summed E-state index contributed by atoms with van der Waals surface area (Å²) in [5, 5.41) is 3.19. The number of fused-ring (bicyclic) bond motifs is 3. The molecule has 2 heterocycles. The maximum atomic E-state index is 13.0. The van der Waals surface area contributed by atoms with Crippen LogP contribution in [-0.2, 0) is 11.2 Å². The van der Waals surface area contributed by atoms with Crippen LogP contribution in [0.25, 0.3) is 0 Å². The zero-order valence-corrected chi connectivity index (χ0v) is 36.1. The van der Waals surface area contributed by atoms with Crippen LogP contribution in [-0.4, -0.2) is 100 Å². The first-order valence-electron chi connectivity index (χ1n) is 21.3. The molecule has 6 nitrogen and oxygen atoms in total. The lowest BCUT2D eigenvalue weighted by Gasteiger charge is -2.54. The van der Waals surface area contributed by atoms with E-state index in [1.807, 2.05) is 6.07 Å². The van der Waals surface area contributed by atoms with Gasteiger partial charge in [0.2, 0.25) is 0 Å². The van der Waals surface area contributed by atoms with Gasteiger partial charge in [-0.05, 0) is 168 Å². The monoisotopic (exact) mass is 782 g/mol. The minimum atomic E-state index is -2.48. The first-order chi connectivity index (χ1) is 25.8. The molecule has 0 spiro atoms. The number of piperidine rings is 2. The Morgan fingerprint density at radius 3 is 2.31 bits per heavy atom. The van der Waals surface area contributed by atoms with E-state index in [9.17, 15) is 18.4 Å². The Morgan fingerprint density at radius 2 is 1.71 bits per heavy atom. The highest BCUT2D eigenvalue weighted by Crippen LogP contribution is 2.59. The van der Waals surface area contributed by atoms with Crippen LogP contribution in [0.2, 0.25) is 0 Å². The summed E-state index contributed by atoms with van der Waals surface area (Å²) in [6.07, 6.45) is 14.3. The van der Waals surface area contributed by atoms with Crippen molar-refractivity contribution in [2.24, 2.45) is 28.6 Å². The van der Waals surface area contributed by atoms with Crippen molar-refractivity contribution in [3.8, 4) is 5.75 Å². The lowest BCUT2D eigenvalue weighted by molar-refractivity contribution is -0.108. The van der Waals surface area contributed by atoms with Gasteiger partial charge in [-0.15, -0.1) is 0 Å². The number of thiol groups is 1. The molecule has 0 aromatic heterocycles. The molecule has 5 unspecified atom stereocenters. The van der Waals surface area contributed by atoms with Crippen LogP contribution in [0.1, 0.15) is 142 Å². The Kier molecular flexibility index (Phi) is 16.7. The number of rotatable bonds is 14. The molecular weight excluding hydrogens is 710 g/mol. The lowest BCUT2D eigenvalue weighted by atomic mass is 9.51. The quantitative estimate of drug-likeness (QED) is 0.112. The van der Waals surface area contributed by atoms with Crippen LogP contribution in [0, 0.1) is 28.6 Å². The van der Waals surface area contributed by atoms with Gasteiger partial charge in [-0.3, -0.25) is 8.78 Å². The molecule has 55 heavy (non-hydrogen) atoms. The highest BCUT2D eigenvalue weighted by molar-refractivity contribution is 7.80. The van der Waals surface area contributed by atoms with E-state index in [0.29, 0.717) is 59.5 Å². The molecule has 1 saturated carbocycles. The zero-order chi connectivity index (χ0) is 40.6. The van der Waals surface area contributed by atoms with Crippen molar-refractivity contribution in [3.05, 3.63) is 29.3 Å². The van der Waals surface area contributed by atoms with Crippen molar-refractivity contribution >= 4 is 40.7 Å².